The van der Waals surface area contributed by atoms with E-state index in [1.165, 1.54) is 17.9 Å². The SMILES string of the molecule is CCSCCCNCC1CN(C)CCO1. The van der Waals surface area contributed by atoms with Crippen molar-refractivity contribution in [3.05, 3.63) is 0 Å². The average Bonchev–Trinajstić information content (AvgIpc) is 2.23. The van der Waals surface area contributed by atoms with Crippen LogP contribution in [0.1, 0.15) is 13.3 Å². The van der Waals surface area contributed by atoms with E-state index in [1.54, 1.807) is 0 Å². The standard InChI is InChI=1S/C11H24N2OS/c1-3-15-8-4-5-12-9-11-10-13(2)6-7-14-11/h11-12H,3-10H2,1-2H3. The lowest BCUT2D eigenvalue weighted by atomic mass is 10.3. The maximum atomic E-state index is 5.67. The molecule has 1 atom stereocenters. The number of nitrogens with zero attached hydrogens (tertiary/aromatic N) is 1. The normalized spacial score (nSPS) is 23.2. The molecule has 0 radical (unpaired) electrons. The second-order valence-corrected chi connectivity index (χ2v) is 5.40. The van der Waals surface area contributed by atoms with E-state index in [0.29, 0.717) is 6.10 Å². The molecule has 0 bridgehead atoms. The third-order valence-electron chi connectivity index (χ3n) is 2.56. The van der Waals surface area contributed by atoms with Crippen molar-refractivity contribution in [3.8, 4) is 0 Å². The lowest BCUT2D eigenvalue weighted by Gasteiger charge is -2.30. The molecule has 0 aromatic carbocycles. The van der Waals surface area contributed by atoms with Crippen LogP contribution in [0.2, 0.25) is 0 Å². The second kappa shape index (κ2) is 8.39. The maximum Gasteiger partial charge on any atom is 0.0826 e. The fraction of sp³-hybridized carbons (Fsp3) is 1.00. The molecular weight excluding hydrogens is 208 g/mol. The zero-order valence-corrected chi connectivity index (χ0v) is 10.8. The van der Waals surface area contributed by atoms with Crippen molar-refractivity contribution in [1.82, 2.24) is 10.2 Å². The molecule has 1 aliphatic heterocycles. The first-order chi connectivity index (χ1) is 7.33. The number of ether oxygens (including phenoxy) is 1. The van der Waals surface area contributed by atoms with Gasteiger partial charge in [0.1, 0.15) is 0 Å². The summed E-state index contributed by atoms with van der Waals surface area (Å²) in [4.78, 5) is 2.34. The first kappa shape index (κ1) is 13.3. The van der Waals surface area contributed by atoms with Crippen molar-refractivity contribution in [2.75, 3.05) is 51.3 Å². The fourth-order valence-corrected chi connectivity index (χ4v) is 2.33. The Morgan fingerprint density at radius 1 is 1.53 bits per heavy atom. The molecule has 90 valence electrons. The van der Waals surface area contributed by atoms with Crippen molar-refractivity contribution in [2.45, 2.75) is 19.4 Å². The van der Waals surface area contributed by atoms with E-state index >= 15 is 0 Å². The summed E-state index contributed by atoms with van der Waals surface area (Å²) < 4.78 is 5.67. The Kier molecular flexibility index (Phi) is 7.44. The van der Waals surface area contributed by atoms with Crippen molar-refractivity contribution in [1.29, 1.82) is 0 Å². The van der Waals surface area contributed by atoms with Crippen LogP contribution < -0.4 is 5.32 Å². The van der Waals surface area contributed by atoms with Crippen LogP contribution in [0.3, 0.4) is 0 Å². The van der Waals surface area contributed by atoms with Crippen molar-refractivity contribution in [2.24, 2.45) is 0 Å². The summed E-state index contributed by atoms with van der Waals surface area (Å²) in [5.41, 5.74) is 0. The highest BCUT2D eigenvalue weighted by Gasteiger charge is 2.16. The molecule has 1 unspecified atom stereocenters. The van der Waals surface area contributed by atoms with Gasteiger partial charge in [0.25, 0.3) is 0 Å². The van der Waals surface area contributed by atoms with Crippen LogP contribution in [0.4, 0.5) is 0 Å². The number of hydrogen-bond donors (Lipinski definition) is 1. The molecule has 1 saturated heterocycles. The van der Waals surface area contributed by atoms with E-state index in [9.17, 15) is 0 Å². The summed E-state index contributed by atoms with van der Waals surface area (Å²) in [5, 5.41) is 3.47. The Morgan fingerprint density at radius 2 is 2.40 bits per heavy atom. The van der Waals surface area contributed by atoms with Gasteiger partial charge >= 0.3 is 0 Å². The van der Waals surface area contributed by atoms with E-state index in [0.717, 1.165) is 32.8 Å². The lowest BCUT2D eigenvalue weighted by molar-refractivity contribution is -0.0179. The van der Waals surface area contributed by atoms with E-state index in [4.69, 9.17) is 4.74 Å². The van der Waals surface area contributed by atoms with Gasteiger partial charge in [0.2, 0.25) is 0 Å². The van der Waals surface area contributed by atoms with E-state index < -0.39 is 0 Å². The van der Waals surface area contributed by atoms with Gasteiger partial charge in [0.15, 0.2) is 0 Å². The Balaban J connectivity index is 1.90. The molecule has 4 heteroatoms. The van der Waals surface area contributed by atoms with Crippen LogP contribution >= 0.6 is 11.8 Å². The van der Waals surface area contributed by atoms with Crippen molar-refractivity contribution >= 4 is 11.8 Å². The van der Waals surface area contributed by atoms with Crippen molar-refractivity contribution in [3.63, 3.8) is 0 Å². The molecule has 15 heavy (non-hydrogen) atoms. The molecule has 1 rings (SSSR count). The van der Waals surface area contributed by atoms with Crippen LogP contribution in [-0.2, 0) is 4.74 Å². The molecule has 3 nitrogen and oxygen atoms in total. The highest BCUT2D eigenvalue weighted by molar-refractivity contribution is 7.99. The summed E-state index contributed by atoms with van der Waals surface area (Å²) in [6.07, 6.45) is 1.66. The molecule has 0 spiro atoms. The largest absolute Gasteiger partial charge is 0.374 e. The Labute approximate surface area is 97.9 Å². The molecule has 0 aliphatic carbocycles. The number of likely N-dealkylation sites (N-methyl/N-ethyl adjacent to an activating group) is 1. The second-order valence-electron chi connectivity index (χ2n) is 4.01. The number of thioether (sulfide) groups is 1. The summed E-state index contributed by atoms with van der Waals surface area (Å²) in [6.45, 7) is 7.36. The maximum absolute atomic E-state index is 5.67. The van der Waals surface area contributed by atoms with Gasteiger partial charge in [0.05, 0.1) is 12.7 Å². The van der Waals surface area contributed by atoms with Gasteiger partial charge in [-0.1, -0.05) is 6.92 Å². The molecule has 1 fully saturated rings. The minimum absolute atomic E-state index is 0.391. The van der Waals surface area contributed by atoms with Gasteiger partial charge in [-0.3, -0.25) is 0 Å². The monoisotopic (exact) mass is 232 g/mol. The van der Waals surface area contributed by atoms with Gasteiger partial charge in [0, 0.05) is 19.6 Å². The Bertz CT molecular complexity index is 158. The number of rotatable bonds is 7. The van der Waals surface area contributed by atoms with Gasteiger partial charge in [-0.25, -0.2) is 0 Å². The summed E-state index contributed by atoms with van der Waals surface area (Å²) >= 11 is 2.02. The van der Waals surface area contributed by atoms with Gasteiger partial charge in [-0.05, 0) is 31.5 Å². The van der Waals surface area contributed by atoms with Crippen LogP contribution in [0.5, 0.6) is 0 Å². The average molecular weight is 232 g/mol. The Hall–Kier alpha value is 0.230. The number of nitrogens with one attached hydrogen (secondary N) is 1. The molecule has 1 aliphatic rings. The highest BCUT2D eigenvalue weighted by atomic mass is 32.2. The van der Waals surface area contributed by atoms with Crippen LogP contribution in [0.15, 0.2) is 0 Å². The van der Waals surface area contributed by atoms with Crippen LogP contribution in [0, 0.1) is 0 Å². The first-order valence-corrected chi connectivity index (χ1v) is 7.07. The summed E-state index contributed by atoms with van der Waals surface area (Å²) in [5.74, 6) is 2.51. The Morgan fingerprint density at radius 3 is 3.13 bits per heavy atom. The van der Waals surface area contributed by atoms with Crippen molar-refractivity contribution < 1.29 is 4.74 Å². The first-order valence-electron chi connectivity index (χ1n) is 5.91. The third-order valence-corrected chi connectivity index (χ3v) is 3.55. The molecular formula is C11H24N2OS. The van der Waals surface area contributed by atoms with Crippen LogP contribution in [0.25, 0.3) is 0 Å². The minimum Gasteiger partial charge on any atom is -0.374 e. The smallest absolute Gasteiger partial charge is 0.0826 e. The van der Waals surface area contributed by atoms with Gasteiger partial charge in [-0.15, -0.1) is 0 Å². The quantitative estimate of drug-likeness (QED) is 0.663. The molecule has 0 amide bonds. The summed E-state index contributed by atoms with van der Waals surface area (Å²) in [7, 11) is 2.16. The molecule has 1 N–H and O–H groups in total. The molecule has 0 aromatic rings. The fourth-order valence-electron chi connectivity index (χ4n) is 1.70. The number of hydrogen-bond acceptors (Lipinski definition) is 4. The zero-order chi connectivity index (χ0) is 10.9. The molecule has 1 heterocycles. The highest BCUT2D eigenvalue weighted by Crippen LogP contribution is 2.02. The van der Waals surface area contributed by atoms with E-state index in [2.05, 4.69) is 24.2 Å². The number of morpholine rings is 1. The zero-order valence-electron chi connectivity index (χ0n) is 10.00. The topological polar surface area (TPSA) is 24.5 Å². The van der Waals surface area contributed by atoms with E-state index in [-0.39, 0.29) is 0 Å². The van der Waals surface area contributed by atoms with E-state index in [1.807, 2.05) is 11.8 Å². The lowest BCUT2D eigenvalue weighted by Crippen LogP contribution is -2.45. The predicted molar refractivity (Wildman–Crippen MR) is 67.7 cm³/mol. The van der Waals surface area contributed by atoms with Gasteiger partial charge in [-0.2, -0.15) is 11.8 Å². The summed E-state index contributed by atoms with van der Waals surface area (Å²) in [6, 6.07) is 0. The molecule has 0 aromatic heterocycles. The minimum atomic E-state index is 0.391. The predicted octanol–water partition coefficient (Wildman–Crippen LogP) is 1.05. The molecule has 0 saturated carbocycles. The van der Waals surface area contributed by atoms with Gasteiger partial charge < -0.3 is 15.0 Å². The third kappa shape index (κ3) is 6.40. The van der Waals surface area contributed by atoms with Crippen LogP contribution in [-0.4, -0.2) is 62.3 Å².